The van der Waals surface area contributed by atoms with Crippen LogP contribution in [0.15, 0.2) is 60.2 Å². The van der Waals surface area contributed by atoms with Gasteiger partial charge in [0.05, 0.1) is 7.11 Å². The van der Waals surface area contributed by atoms with Gasteiger partial charge in [-0.3, -0.25) is 4.79 Å². The summed E-state index contributed by atoms with van der Waals surface area (Å²) in [5.74, 6) is -0.580. The molecular weight excluding hydrogens is 344 g/mol. The van der Waals surface area contributed by atoms with E-state index < -0.39 is 18.0 Å². The second kappa shape index (κ2) is 9.20. The summed E-state index contributed by atoms with van der Waals surface area (Å²) in [4.78, 5) is 26.1. The van der Waals surface area contributed by atoms with Gasteiger partial charge in [-0.1, -0.05) is 30.3 Å². The normalized spacial score (nSPS) is 11.9. The minimum absolute atomic E-state index is 0.192. The number of amides is 1. The number of hydrogen-bond donors (Lipinski definition) is 0. The van der Waals surface area contributed by atoms with Gasteiger partial charge >= 0.3 is 5.97 Å². The number of methoxy groups -OCH3 is 1. The highest BCUT2D eigenvalue weighted by atomic mass is 16.5. The van der Waals surface area contributed by atoms with Crippen LogP contribution in [0.2, 0.25) is 0 Å². The third-order valence-electron chi connectivity index (χ3n) is 3.87. The van der Waals surface area contributed by atoms with Crippen LogP contribution in [-0.4, -0.2) is 32.1 Å². The summed E-state index contributed by atoms with van der Waals surface area (Å²) in [7, 11) is 3.15. The van der Waals surface area contributed by atoms with Crippen LogP contribution in [-0.2, 0) is 14.3 Å². The van der Waals surface area contributed by atoms with Gasteiger partial charge in [0.1, 0.15) is 17.4 Å². The van der Waals surface area contributed by atoms with E-state index in [1.807, 2.05) is 12.1 Å². The third-order valence-corrected chi connectivity index (χ3v) is 3.87. The number of carbonyl (C=O) groups excluding carboxylic acids is 2. The van der Waals surface area contributed by atoms with Crippen LogP contribution in [0.3, 0.4) is 0 Å². The summed E-state index contributed by atoms with van der Waals surface area (Å²) in [6.07, 6.45) is 0.371. The molecule has 0 fully saturated rings. The third kappa shape index (κ3) is 5.19. The van der Waals surface area contributed by atoms with Gasteiger partial charge < -0.3 is 14.4 Å². The lowest BCUT2D eigenvalue weighted by molar-refractivity contribution is -0.149. The maximum atomic E-state index is 12.5. The van der Waals surface area contributed by atoms with Crippen molar-refractivity contribution in [2.24, 2.45) is 0 Å². The summed E-state index contributed by atoms with van der Waals surface area (Å²) in [5, 5.41) is 9.26. The Morgan fingerprint density at radius 2 is 1.74 bits per heavy atom. The number of likely N-dealkylation sites (N-methyl/N-ethyl adjacent to an activating group) is 1. The lowest BCUT2D eigenvalue weighted by atomic mass is 10.1. The first-order valence-electron chi connectivity index (χ1n) is 8.25. The van der Waals surface area contributed by atoms with Crippen molar-refractivity contribution in [3.05, 3.63) is 65.7 Å². The monoisotopic (exact) mass is 364 g/mol. The van der Waals surface area contributed by atoms with Crippen LogP contribution < -0.4 is 9.64 Å². The summed E-state index contributed by atoms with van der Waals surface area (Å²) in [6, 6.07) is 17.7. The molecule has 2 rings (SSSR count). The molecule has 1 atom stereocenters. The van der Waals surface area contributed by atoms with E-state index in [9.17, 15) is 14.9 Å². The molecule has 6 nitrogen and oxygen atoms in total. The van der Waals surface area contributed by atoms with E-state index in [-0.39, 0.29) is 5.57 Å². The van der Waals surface area contributed by atoms with E-state index in [1.54, 1.807) is 62.7 Å². The Bertz CT molecular complexity index is 867. The Morgan fingerprint density at radius 1 is 1.11 bits per heavy atom. The fourth-order valence-corrected chi connectivity index (χ4v) is 2.33. The largest absolute Gasteiger partial charge is 0.497 e. The van der Waals surface area contributed by atoms with Crippen molar-refractivity contribution in [3.8, 4) is 11.8 Å². The van der Waals surface area contributed by atoms with E-state index in [0.29, 0.717) is 17.0 Å². The van der Waals surface area contributed by atoms with Gasteiger partial charge in [-0.2, -0.15) is 5.26 Å². The predicted octanol–water partition coefficient (Wildman–Crippen LogP) is 3.20. The first-order valence-corrected chi connectivity index (χ1v) is 8.25. The molecule has 6 heteroatoms. The molecule has 1 unspecified atom stereocenters. The van der Waals surface area contributed by atoms with Crippen molar-refractivity contribution < 1.29 is 19.1 Å². The maximum Gasteiger partial charge on any atom is 0.349 e. The molecule has 27 heavy (non-hydrogen) atoms. The molecule has 0 aliphatic carbocycles. The number of benzene rings is 2. The number of carbonyl (C=O) groups is 2. The average molecular weight is 364 g/mol. The predicted molar refractivity (Wildman–Crippen MR) is 102 cm³/mol. The molecule has 0 aliphatic heterocycles. The summed E-state index contributed by atoms with van der Waals surface area (Å²) in [5.41, 5.74) is 1.13. The maximum absolute atomic E-state index is 12.5. The molecule has 0 spiro atoms. The number of rotatable bonds is 6. The summed E-state index contributed by atoms with van der Waals surface area (Å²) in [6.45, 7) is 1.47. The van der Waals surface area contributed by atoms with Crippen molar-refractivity contribution in [3.63, 3.8) is 0 Å². The average Bonchev–Trinajstić information content (AvgIpc) is 2.71. The van der Waals surface area contributed by atoms with Crippen LogP contribution in [0.4, 0.5) is 5.69 Å². The molecule has 0 radical (unpaired) electrons. The Hall–Kier alpha value is -3.59. The molecule has 1 amide bonds. The van der Waals surface area contributed by atoms with Gasteiger partial charge in [0.15, 0.2) is 6.10 Å². The lowest BCUT2D eigenvalue weighted by Gasteiger charge is -2.21. The fourth-order valence-electron chi connectivity index (χ4n) is 2.33. The molecule has 0 N–H and O–H groups in total. The zero-order valence-electron chi connectivity index (χ0n) is 15.4. The Morgan fingerprint density at radius 3 is 2.30 bits per heavy atom. The Labute approximate surface area is 158 Å². The second-order valence-electron chi connectivity index (χ2n) is 5.72. The number of nitriles is 1. The van der Waals surface area contributed by atoms with E-state index in [2.05, 4.69) is 0 Å². The summed E-state index contributed by atoms with van der Waals surface area (Å²) < 4.78 is 10.2. The zero-order valence-corrected chi connectivity index (χ0v) is 15.4. The van der Waals surface area contributed by atoms with E-state index in [1.165, 1.54) is 17.9 Å². The molecule has 0 heterocycles. The molecular formula is C21H20N2O4. The van der Waals surface area contributed by atoms with Crippen LogP contribution >= 0.6 is 0 Å². The Kier molecular flexibility index (Phi) is 6.73. The van der Waals surface area contributed by atoms with Crippen molar-refractivity contribution in [1.29, 1.82) is 5.26 Å². The molecule has 2 aromatic rings. The highest BCUT2D eigenvalue weighted by Gasteiger charge is 2.24. The standard InChI is InChI=1S/C21H20N2O4/c1-15(20(24)23(2)18-7-5-4-6-8-18)27-21(25)17(14-22)13-16-9-11-19(26-3)12-10-16/h4-13,15H,1-3H3/b17-13+. The number of hydrogen-bond acceptors (Lipinski definition) is 5. The number of anilines is 1. The van der Waals surface area contributed by atoms with E-state index in [0.717, 1.165) is 0 Å². The molecule has 0 saturated heterocycles. The van der Waals surface area contributed by atoms with E-state index >= 15 is 0 Å². The highest BCUT2D eigenvalue weighted by molar-refractivity contribution is 6.01. The van der Waals surface area contributed by atoms with Gasteiger partial charge in [0.2, 0.25) is 0 Å². The van der Waals surface area contributed by atoms with Crippen LogP contribution in [0.5, 0.6) is 5.75 Å². The van der Waals surface area contributed by atoms with Crippen LogP contribution in [0, 0.1) is 11.3 Å². The quantitative estimate of drug-likeness (QED) is 0.447. The van der Waals surface area contributed by atoms with Crippen molar-refractivity contribution in [2.75, 3.05) is 19.1 Å². The fraction of sp³-hybridized carbons (Fsp3) is 0.190. The number of ether oxygens (including phenoxy) is 2. The van der Waals surface area contributed by atoms with Gasteiger partial charge in [0, 0.05) is 12.7 Å². The number of esters is 1. The van der Waals surface area contributed by atoms with E-state index in [4.69, 9.17) is 9.47 Å². The zero-order chi connectivity index (χ0) is 19.8. The smallest absolute Gasteiger partial charge is 0.349 e. The van der Waals surface area contributed by atoms with Gasteiger partial charge in [-0.05, 0) is 42.8 Å². The lowest BCUT2D eigenvalue weighted by Crippen LogP contribution is -2.37. The minimum Gasteiger partial charge on any atom is -0.497 e. The van der Waals surface area contributed by atoms with Crippen molar-refractivity contribution in [2.45, 2.75) is 13.0 Å². The SMILES string of the molecule is COc1ccc(/C=C(\C#N)C(=O)OC(C)C(=O)N(C)c2ccccc2)cc1. The van der Waals surface area contributed by atoms with Gasteiger partial charge in [-0.25, -0.2) is 4.79 Å². The number of para-hydroxylation sites is 1. The van der Waals surface area contributed by atoms with Gasteiger partial charge in [-0.15, -0.1) is 0 Å². The first-order chi connectivity index (χ1) is 13.0. The summed E-state index contributed by atoms with van der Waals surface area (Å²) >= 11 is 0. The molecule has 0 saturated carbocycles. The van der Waals surface area contributed by atoms with Crippen molar-refractivity contribution >= 4 is 23.6 Å². The van der Waals surface area contributed by atoms with Crippen molar-refractivity contribution in [1.82, 2.24) is 0 Å². The molecule has 2 aromatic carbocycles. The molecule has 0 aliphatic rings. The van der Waals surface area contributed by atoms with Crippen LogP contribution in [0.1, 0.15) is 12.5 Å². The molecule has 138 valence electrons. The topological polar surface area (TPSA) is 79.6 Å². The van der Waals surface area contributed by atoms with Gasteiger partial charge in [0.25, 0.3) is 5.91 Å². The molecule has 0 aromatic heterocycles. The first kappa shape index (κ1) is 19.7. The molecule has 0 bridgehead atoms. The highest BCUT2D eigenvalue weighted by Crippen LogP contribution is 2.16. The minimum atomic E-state index is -1.03. The second-order valence-corrected chi connectivity index (χ2v) is 5.72. The number of nitrogens with zero attached hydrogens (tertiary/aromatic N) is 2. The van der Waals surface area contributed by atoms with Crippen LogP contribution in [0.25, 0.3) is 6.08 Å². The Balaban J connectivity index is 2.07.